The highest BCUT2D eigenvalue weighted by Crippen LogP contribution is 2.32. The molecule has 7 heteroatoms. The second-order valence-corrected chi connectivity index (χ2v) is 6.82. The number of hydrogen-bond acceptors (Lipinski definition) is 6. The van der Waals surface area contributed by atoms with Gasteiger partial charge in [0.05, 0.1) is 5.02 Å². The Morgan fingerprint density at radius 1 is 0.963 bits per heavy atom. The lowest BCUT2D eigenvalue weighted by Crippen LogP contribution is -2.27. The van der Waals surface area contributed by atoms with Crippen LogP contribution in [0.3, 0.4) is 0 Å². The van der Waals surface area contributed by atoms with E-state index >= 15 is 0 Å². The predicted octanol–water partition coefficient (Wildman–Crippen LogP) is 4.53. The number of aromatic nitrogens is 3. The molecule has 1 aliphatic rings. The SMILES string of the molecule is Clc1ccc(Nc2ccc(Oc3nccnc3C3CCNCC3)cc2)nc1. The fourth-order valence-corrected chi connectivity index (χ4v) is 3.22. The highest BCUT2D eigenvalue weighted by Gasteiger charge is 2.21. The van der Waals surface area contributed by atoms with Gasteiger partial charge in [0.25, 0.3) is 0 Å². The summed E-state index contributed by atoms with van der Waals surface area (Å²) in [6.07, 6.45) is 7.11. The highest BCUT2D eigenvalue weighted by molar-refractivity contribution is 6.30. The van der Waals surface area contributed by atoms with Gasteiger partial charge in [0.1, 0.15) is 17.3 Å². The Bertz CT molecular complexity index is 880. The van der Waals surface area contributed by atoms with E-state index in [0.717, 1.165) is 48.9 Å². The van der Waals surface area contributed by atoms with E-state index < -0.39 is 0 Å². The average molecular weight is 382 g/mol. The van der Waals surface area contributed by atoms with Crippen LogP contribution >= 0.6 is 11.6 Å². The van der Waals surface area contributed by atoms with E-state index in [2.05, 4.69) is 25.6 Å². The van der Waals surface area contributed by atoms with E-state index in [4.69, 9.17) is 16.3 Å². The van der Waals surface area contributed by atoms with Crippen LogP contribution in [-0.2, 0) is 0 Å². The zero-order valence-electron chi connectivity index (χ0n) is 14.7. The van der Waals surface area contributed by atoms with Crippen LogP contribution in [0, 0.1) is 0 Å². The first kappa shape index (κ1) is 17.7. The molecule has 0 bridgehead atoms. The van der Waals surface area contributed by atoms with Crippen molar-refractivity contribution in [1.82, 2.24) is 20.3 Å². The minimum absolute atomic E-state index is 0.381. The largest absolute Gasteiger partial charge is 0.437 e. The van der Waals surface area contributed by atoms with Crippen LogP contribution in [0.4, 0.5) is 11.5 Å². The molecule has 3 aromatic rings. The molecular weight excluding hydrogens is 362 g/mol. The summed E-state index contributed by atoms with van der Waals surface area (Å²) >= 11 is 5.86. The fraction of sp³-hybridized carbons (Fsp3) is 0.250. The van der Waals surface area contributed by atoms with Crippen molar-refractivity contribution in [1.29, 1.82) is 0 Å². The summed E-state index contributed by atoms with van der Waals surface area (Å²) < 4.78 is 6.03. The molecule has 1 saturated heterocycles. The zero-order chi connectivity index (χ0) is 18.5. The number of anilines is 2. The molecule has 1 aromatic carbocycles. The van der Waals surface area contributed by atoms with Crippen LogP contribution in [0.15, 0.2) is 55.0 Å². The summed E-state index contributed by atoms with van der Waals surface area (Å²) in [5, 5.41) is 7.21. The van der Waals surface area contributed by atoms with Gasteiger partial charge in [0.2, 0.25) is 5.88 Å². The standard InChI is InChI=1S/C20H20ClN5O/c21-15-1-6-18(25-13-15)26-16-2-4-17(5-3-16)27-20-19(23-11-12-24-20)14-7-9-22-10-8-14/h1-6,11-14,22H,7-10H2,(H,25,26). The summed E-state index contributed by atoms with van der Waals surface area (Å²) in [6, 6.07) is 11.3. The van der Waals surface area contributed by atoms with Crippen LogP contribution in [0.2, 0.25) is 5.02 Å². The van der Waals surface area contributed by atoms with Crippen molar-refractivity contribution in [3.8, 4) is 11.6 Å². The number of benzene rings is 1. The van der Waals surface area contributed by atoms with Crippen molar-refractivity contribution in [2.24, 2.45) is 0 Å². The van der Waals surface area contributed by atoms with Crippen LogP contribution in [0.5, 0.6) is 11.6 Å². The summed E-state index contributed by atoms with van der Waals surface area (Å²) in [5.41, 5.74) is 1.85. The van der Waals surface area contributed by atoms with Gasteiger partial charge in [-0.25, -0.2) is 9.97 Å². The molecule has 4 rings (SSSR count). The van der Waals surface area contributed by atoms with E-state index in [1.54, 1.807) is 24.7 Å². The Balaban J connectivity index is 1.46. The van der Waals surface area contributed by atoms with E-state index in [-0.39, 0.29) is 0 Å². The van der Waals surface area contributed by atoms with Crippen LogP contribution < -0.4 is 15.4 Å². The third-order valence-corrected chi connectivity index (χ3v) is 4.71. The lowest BCUT2D eigenvalue weighted by molar-refractivity contribution is 0.410. The molecule has 0 radical (unpaired) electrons. The van der Waals surface area contributed by atoms with Gasteiger partial charge in [0.15, 0.2) is 0 Å². The summed E-state index contributed by atoms with van der Waals surface area (Å²) in [6.45, 7) is 2.00. The van der Waals surface area contributed by atoms with Crippen molar-refractivity contribution in [3.63, 3.8) is 0 Å². The molecule has 138 valence electrons. The van der Waals surface area contributed by atoms with Gasteiger partial charge in [-0.15, -0.1) is 0 Å². The molecule has 1 aliphatic heterocycles. The number of halogens is 1. The molecule has 27 heavy (non-hydrogen) atoms. The maximum Gasteiger partial charge on any atom is 0.241 e. The molecule has 0 saturated carbocycles. The van der Waals surface area contributed by atoms with Gasteiger partial charge in [-0.2, -0.15) is 0 Å². The van der Waals surface area contributed by atoms with Gasteiger partial charge in [-0.1, -0.05) is 11.6 Å². The molecule has 3 heterocycles. The molecule has 0 atom stereocenters. The van der Waals surface area contributed by atoms with Crippen molar-refractivity contribution in [3.05, 3.63) is 65.7 Å². The topological polar surface area (TPSA) is 72.0 Å². The summed E-state index contributed by atoms with van der Waals surface area (Å²) in [4.78, 5) is 13.2. The number of hydrogen-bond donors (Lipinski definition) is 2. The monoisotopic (exact) mass is 381 g/mol. The lowest BCUT2D eigenvalue weighted by atomic mass is 9.94. The molecule has 0 aliphatic carbocycles. The third kappa shape index (κ3) is 4.53. The predicted molar refractivity (Wildman–Crippen MR) is 106 cm³/mol. The third-order valence-electron chi connectivity index (χ3n) is 4.49. The minimum atomic E-state index is 0.381. The Hall–Kier alpha value is -2.70. The maximum atomic E-state index is 6.03. The van der Waals surface area contributed by atoms with Crippen LogP contribution in [0.1, 0.15) is 24.5 Å². The van der Waals surface area contributed by atoms with E-state index in [1.807, 2.05) is 30.3 Å². The second-order valence-electron chi connectivity index (χ2n) is 6.38. The van der Waals surface area contributed by atoms with Gasteiger partial charge >= 0.3 is 0 Å². The van der Waals surface area contributed by atoms with Crippen molar-refractivity contribution >= 4 is 23.1 Å². The fourth-order valence-electron chi connectivity index (χ4n) is 3.11. The van der Waals surface area contributed by atoms with Crippen LogP contribution in [-0.4, -0.2) is 28.0 Å². The second kappa shape index (κ2) is 8.33. The number of piperidine rings is 1. The molecule has 6 nitrogen and oxygen atoms in total. The smallest absolute Gasteiger partial charge is 0.241 e. The van der Waals surface area contributed by atoms with E-state index in [1.165, 1.54) is 0 Å². The minimum Gasteiger partial charge on any atom is -0.437 e. The normalized spacial score (nSPS) is 14.7. The highest BCUT2D eigenvalue weighted by atomic mass is 35.5. The molecule has 1 fully saturated rings. The van der Waals surface area contributed by atoms with E-state index in [0.29, 0.717) is 16.8 Å². The van der Waals surface area contributed by atoms with Gasteiger partial charge in [-0.3, -0.25) is 4.98 Å². The number of ether oxygens (including phenoxy) is 1. The first-order valence-corrected chi connectivity index (χ1v) is 9.34. The average Bonchev–Trinajstić information content (AvgIpc) is 2.72. The van der Waals surface area contributed by atoms with Gasteiger partial charge < -0.3 is 15.4 Å². The lowest BCUT2D eigenvalue weighted by Gasteiger charge is -2.23. The molecule has 2 N–H and O–H groups in total. The Kier molecular flexibility index (Phi) is 5.46. The summed E-state index contributed by atoms with van der Waals surface area (Å²) in [5.74, 6) is 2.42. The Morgan fingerprint density at radius 3 is 2.48 bits per heavy atom. The first-order chi connectivity index (χ1) is 13.3. The van der Waals surface area contributed by atoms with Crippen molar-refractivity contribution in [2.75, 3.05) is 18.4 Å². The number of nitrogens with one attached hydrogen (secondary N) is 2. The Labute approximate surface area is 163 Å². The first-order valence-electron chi connectivity index (χ1n) is 8.96. The van der Waals surface area contributed by atoms with Crippen molar-refractivity contribution < 1.29 is 4.74 Å². The number of pyridine rings is 1. The molecule has 0 unspecified atom stereocenters. The van der Waals surface area contributed by atoms with Crippen LogP contribution in [0.25, 0.3) is 0 Å². The van der Waals surface area contributed by atoms with Gasteiger partial charge in [0, 0.05) is 30.2 Å². The Morgan fingerprint density at radius 2 is 1.74 bits per heavy atom. The molecule has 0 spiro atoms. The van der Waals surface area contributed by atoms with Crippen molar-refractivity contribution in [2.45, 2.75) is 18.8 Å². The quantitative estimate of drug-likeness (QED) is 0.676. The molecular formula is C20H20ClN5O. The summed E-state index contributed by atoms with van der Waals surface area (Å²) in [7, 11) is 0. The van der Waals surface area contributed by atoms with E-state index in [9.17, 15) is 0 Å². The van der Waals surface area contributed by atoms with Gasteiger partial charge in [-0.05, 0) is 62.3 Å². The zero-order valence-corrected chi connectivity index (χ0v) is 15.5. The molecule has 2 aromatic heterocycles. The molecule has 0 amide bonds. The maximum absolute atomic E-state index is 6.03. The number of rotatable bonds is 5. The number of nitrogens with zero attached hydrogens (tertiary/aromatic N) is 3.